The van der Waals surface area contributed by atoms with Crippen LogP contribution in [0.3, 0.4) is 0 Å². The van der Waals surface area contributed by atoms with Crippen molar-refractivity contribution in [3.63, 3.8) is 0 Å². The SMILES string of the molecule is N#Cc1cccnc1C=CC(N)=O. The van der Waals surface area contributed by atoms with E-state index in [9.17, 15) is 4.79 Å². The lowest BCUT2D eigenvalue weighted by Crippen LogP contribution is -2.05. The molecule has 1 rings (SSSR count). The number of aromatic nitrogens is 1. The predicted octanol–water partition coefficient (Wildman–Crippen LogP) is 0.452. The Balaban J connectivity index is 3.02. The van der Waals surface area contributed by atoms with E-state index in [1.807, 2.05) is 6.07 Å². The molecule has 0 aliphatic heterocycles. The first-order valence-electron chi connectivity index (χ1n) is 3.56. The van der Waals surface area contributed by atoms with Crippen molar-refractivity contribution in [2.45, 2.75) is 0 Å². The summed E-state index contributed by atoms with van der Waals surface area (Å²) in [5, 5.41) is 8.64. The number of nitrogens with zero attached hydrogens (tertiary/aromatic N) is 2. The van der Waals surface area contributed by atoms with Gasteiger partial charge in [-0.25, -0.2) is 0 Å². The Morgan fingerprint density at radius 2 is 2.46 bits per heavy atom. The molecule has 0 atom stereocenters. The molecule has 1 aromatic rings. The highest BCUT2D eigenvalue weighted by molar-refractivity contribution is 5.90. The van der Waals surface area contributed by atoms with Crippen LogP contribution in [0, 0.1) is 11.3 Å². The smallest absolute Gasteiger partial charge is 0.241 e. The summed E-state index contributed by atoms with van der Waals surface area (Å²) >= 11 is 0. The lowest BCUT2D eigenvalue weighted by molar-refractivity contribution is -0.113. The minimum Gasteiger partial charge on any atom is -0.366 e. The number of rotatable bonds is 2. The number of primary amides is 1. The monoisotopic (exact) mass is 173 g/mol. The van der Waals surface area contributed by atoms with Crippen molar-refractivity contribution >= 4 is 12.0 Å². The van der Waals surface area contributed by atoms with E-state index in [4.69, 9.17) is 11.0 Å². The fourth-order valence-corrected chi connectivity index (χ4v) is 0.806. The van der Waals surface area contributed by atoms with Crippen molar-refractivity contribution in [2.75, 3.05) is 0 Å². The predicted molar refractivity (Wildman–Crippen MR) is 47.2 cm³/mol. The number of nitrogens with two attached hydrogens (primary N) is 1. The van der Waals surface area contributed by atoms with Gasteiger partial charge in [-0.3, -0.25) is 9.78 Å². The summed E-state index contributed by atoms with van der Waals surface area (Å²) in [4.78, 5) is 14.3. The largest absolute Gasteiger partial charge is 0.366 e. The fourth-order valence-electron chi connectivity index (χ4n) is 0.806. The quantitative estimate of drug-likeness (QED) is 0.659. The van der Waals surface area contributed by atoms with E-state index in [1.54, 1.807) is 18.3 Å². The molecule has 64 valence electrons. The third-order valence-corrected chi connectivity index (χ3v) is 1.36. The summed E-state index contributed by atoms with van der Waals surface area (Å²) < 4.78 is 0. The molecule has 0 aliphatic carbocycles. The zero-order valence-electron chi connectivity index (χ0n) is 6.77. The van der Waals surface area contributed by atoms with E-state index < -0.39 is 5.91 Å². The van der Waals surface area contributed by atoms with Gasteiger partial charge in [-0.15, -0.1) is 0 Å². The number of pyridine rings is 1. The minimum atomic E-state index is -0.561. The average Bonchev–Trinajstić information content (AvgIpc) is 2.15. The molecule has 1 amide bonds. The van der Waals surface area contributed by atoms with Gasteiger partial charge in [0.1, 0.15) is 6.07 Å². The first kappa shape index (κ1) is 8.94. The van der Waals surface area contributed by atoms with E-state index in [0.29, 0.717) is 11.3 Å². The van der Waals surface area contributed by atoms with Crippen LogP contribution in [-0.2, 0) is 4.79 Å². The van der Waals surface area contributed by atoms with Gasteiger partial charge in [-0.2, -0.15) is 5.26 Å². The molecule has 1 heterocycles. The molecule has 0 fully saturated rings. The molecule has 1 aromatic heterocycles. The van der Waals surface area contributed by atoms with Gasteiger partial charge >= 0.3 is 0 Å². The van der Waals surface area contributed by atoms with Crippen LogP contribution in [0.4, 0.5) is 0 Å². The molecule has 2 N–H and O–H groups in total. The molecular formula is C9H7N3O. The van der Waals surface area contributed by atoms with E-state index in [2.05, 4.69) is 4.98 Å². The molecule has 0 aliphatic rings. The van der Waals surface area contributed by atoms with Crippen molar-refractivity contribution in [3.8, 4) is 6.07 Å². The maximum atomic E-state index is 10.4. The van der Waals surface area contributed by atoms with Gasteiger partial charge in [0.15, 0.2) is 0 Å². The lowest BCUT2D eigenvalue weighted by atomic mass is 10.2. The number of carbonyl (C=O) groups is 1. The molecule has 4 nitrogen and oxygen atoms in total. The molecule has 0 aromatic carbocycles. The van der Waals surface area contributed by atoms with Crippen molar-refractivity contribution in [1.29, 1.82) is 5.26 Å². The number of hydrogen-bond acceptors (Lipinski definition) is 3. The molecule has 0 spiro atoms. The Bertz CT molecular complexity index is 390. The first-order chi connectivity index (χ1) is 6.24. The zero-order valence-corrected chi connectivity index (χ0v) is 6.77. The Morgan fingerprint density at radius 3 is 3.08 bits per heavy atom. The van der Waals surface area contributed by atoms with Crippen LogP contribution in [0.15, 0.2) is 24.4 Å². The molecule has 13 heavy (non-hydrogen) atoms. The Hall–Kier alpha value is -2.15. The standard InChI is InChI=1S/C9H7N3O/c10-6-7-2-1-5-12-8(7)3-4-9(11)13/h1-5H,(H2,11,13). The second kappa shape index (κ2) is 4.02. The van der Waals surface area contributed by atoms with Crippen molar-refractivity contribution in [3.05, 3.63) is 35.7 Å². The van der Waals surface area contributed by atoms with E-state index in [-0.39, 0.29) is 0 Å². The summed E-state index contributed by atoms with van der Waals surface area (Å²) in [5.74, 6) is -0.561. The fraction of sp³-hybridized carbons (Fsp3) is 0. The summed E-state index contributed by atoms with van der Waals surface area (Å²) in [5.41, 5.74) is 5.76. The average molecular weight is 173 g/mol. The topological polar surface area (TPSA) is 79.8 Å². The highest BCUT2D eigenvalue weighted by atomic mass is 16.1. The number of nitriles is 1. The molecule has 0 saturated carbocycles. The van der Waals surface area contributed by atoms with Gasteiger partial charge in [-0.05, 0) is 18.2 Å². The van der Waals surface area contributed by atoms with E-state index in [1.165, 1.54) is 12.2 Å². The third-order valence-electron chi connectivity index (χ3n) is 1.36. The van der Waals surface area contributed by atoms with Gasteiger partial charge in [0.2, 0.25) is 5.91 Å². The first-order valence-corrected chi connectivity index (χ1v) is 3.56. The zero-order chi connectivity index (χ0) is 9.68. The van der Waals surface area contributed by atoms with Gasteiger partial charge in [0, 0.05) is 12.3 Å². The van der Waals surface area contributed by atoms with Gasteiger partial charge < -0.3 is 5.73 Å². The van der Waals surface area contributed by atoms with Crippen LogP contribution in [0.25, 0.3) is 6.08 Å². The van der Waals surface area contributed by atoms with Crippen LogP contribution >= 0.6 is 0 Å². The number of carbonyl (C=O) groups excluding carboxylic acids is 1. The molecule has 4 heteroatoms. The van der Waals surface area contributed by atoms with Crippen LogP contribution < -0.4 is 5.73 Å². The number of hydrogen-bond donors (Lipinski definition) is 1. The molecule has 0 unspecified atom stereocenters. The van der Waals surface area contributed by atoms with Crippen molar-refractivity contribution in [2.24, 2.45) is 5.73 Å². The lowest BCUT2D eigenvalue weighted by Gasteiger charge is -1.93. The van der Waals surface area contributed by atoms with E-state index >= 15 is 0 Å². The molecular weight excluding hydrogens is 166 g/mol. The van der Waals surface area contributed by atoms with Crippen LogP contribution in [-0.4, -0.2) is 10.9 Å². The molecule has 0 bridgehead atoms. The highest BCUT2D eigenvalue weighted by Crippen LogP contribution is 2.04. The van der Waals surface area contributed by atoms with Gasteiger partial charge in [-0.1, -0.05) is 0 Å². The van der Waals surface area contributed by atoms with Crippen molar-refractivity contribution in [1.82, 2.24) is 4.98 Å². The Morgan fingerprint density at radius 1 is 1.69 bits per heavy atom. The highest BCUT2D eigenvalue weighted by Gasteiger charge is 1.97. The molecule has 0 saturated heterocycles. The van der Waals surface area contributed by atoms with Crippen LogP contribution in [0.2, 0.25) is 0 Å². The summed E-state index contributed by atoms with van der Waals surface area (Å²) in [6, 6.07) is 5.23. The Labute approximate surface area is 75.3 Å². The molecule has 0 radical (unpaired) electrons. The second-order valence-electron chi connectivity index (χ2n) is 2.28. The normalized spacial score (nSPS) is 9.77. The van der Waals surface area contributed by atoms with E-state index in [0.717, 1.165) is 0 Å². The number of amides is 1. The summed E-state index contributed by atoms with van der Waals surface area (Å²) in [6.07, 6.45) is 4.13. The maximum Gasteiger partial charge on any atom is 0.241 e. The maximum absolute atomic E-state index is 10.4. The van der Waals surface area contributed by atoms with Gasteiger partial charge in [0.05, 0.1) is 11.3 Å². The second-order valence-corrected chi connectivity index (χ2v) is 2.28. The van der Waals surface area contributed by atoms with Gasteiger partial charge in [0.25, 0.3) is 0 Å². The van der Waals surface area contributed by atoms with Crippen LogP contribution in [0.1, 0.15) is 11.3 Å². The third kappa shape index (κ3) is 2.42. The minimum absolute atomic E-state index is 0.417. The summed E-state index contributed by atoms with van der Waals surface area (Å²) in [6.45, 7) is 0. The Kier molecular flexibility index (Phi) is 2.77. The van der Waals surface area contributed by atoms with Crippen molar-refractivity contribution < 1.29 is 4.79 Å². The van der Waals surface area contributed by atoms with Crippen LogP contribution in [0.5, 0.6) is 0 Å². The summed E-state index contributed by atoms with van der Waals surface area (Å²) in [7, 11) is 0.